The van der Waals surface area contributed by atoms with Crippen LogP contribution in [0.3, 0.4) is 0 Å². The summed E-state index contributed by atoms with van der Waals surface area (Å²) in [6.45, 7) is 3.66. The first-order valence-corrected chi connectivity index (χ1v) is 10.9. The summed E-state index contributed by atoms with van der Waals surface area (Å²) in [5.74, 6) is -0.258. The molecule has 3 aromatic heterocycles. The van der Waals surface area contributed by atoms with Gasteiger partial charge in [0.1, 0.15) is 15.7 Å². The molecular weight excluding hydrogens is 451 g/mol. The van der Waals surface area contributed by atoms with Crippen molar-refractivity contribution in [2.24, 2.45) is 0 Å². The van der Waals surface area contributed by atoms with Crippen molar-refractivity contribution in [2.75, 3.05) is 4.72 Å². The summed E-state index contributed by atoms with van der Waals surface area (Å²) in [6.07, 6.45) is 3.66. The Kier molecular flexibility index (Phi) is 6.55. The molecule has 11 heteroatoms. The van der Waals surface area contributed by atoms with Crippen molar-refractivity contribution in [3.05, 3.63) is 70.4 Å². The molecule has 30 heavy (non-hydrogen) atoms. The van der Waals surface area contributed by atoms with E-state index in [1.165, 1.54) is 42.7 Å². The number of ether oxygens (including phenoxy) is 1. The van der Waals surface area contributed by atoms with Crippen LogP contribution in [-0.4, -0.2) is 35.3 Å². The highest BCUT2D eigenvalue weighted by Crippen LogP contribution is 2.25. The third-order valence-corrected chi connectivity index (χ3v) is 5.44. The fourth-order valence-electron chi connectivity index (χ4n) is 2.42. The Balaban J connectivity index is 1.94. The molecule has 0 unspecified atom stereocenters. The molecule has 0 atom stereocenters. The van der Waals surface area contributed by atoms with Gasteiger partial charge in [0.2, 0.25) is 11.7 Å². The molecule has 1 N–H and O–H groups in total. The van der Waals surface area contributed by atoms with Gasteiger partial charge in [0.05, 0.1) is 23.0 Å². The van der Waals surface area contributed by atoms with E-state index in [1.807, 2.05) is 13.8 Å². The molecule has 0 aliphatic carbocycles. The lowest BCUT2D eigenvalue weighted by atomic mass is 10.1. The Labute approximate surface area is 183 Å². The second kappa shape index (κ2) is 8.95. The van der Waals surface area contributed by atoms with Gasteiger partial charge in [-0.2, -0.15) is 0 Å². The molecule has 0 fully saturated rings. The fourth-order valence-corrected chi connectivity index (χ4v) is 3.75. The van der Waals surface area contributed by atoms with E-state index in [4.69, 9.17) is 27.9 Å². The summed E-state index contributed by atoms with van der Waals surface area (Å²) in [4.78, 5) is 24.5. The number of nitrogens with zero attached hydrogens (tertiary/aromatic N) is 3. The second-order valence-electron chi connectivity index (χ2n) is 6.35. The smallest absolute Gasteiger partial charge is 0.263 e. The van der Waals surface area contributed by atoms with Crippen molar-refractivity contribution in [3.8, 4) is 5.88 Å². The predicted molar refractivity (Wildman–Crippen MR) is 113 cm³/mol. The maximum atomic E-state index is 12.8. The molecule has 0 aromatic carbocycles. The average Bonchev–Trinajstić information content (AvgIpc) is 2.67. The minimum absolute atomic E-state index is 0.0806. The lowest BCUT2D eigenvalue weighted by molar-refractivity contribution is 0.103. The molecular formula is C19H16Cl2N4O4S. The monoisotopic (exact) mass is 466 g/mol. The van der Waals surface area contributed by atoms with E-state index in [1.54, 1.807) is 0 Å². The number of carbonyl (C=O) groups is 1. The molecule has 3 aromatic rings. The summed E-state index contributed by atoms with van der Waals surface area (Å²) in [5.41, 5.74) is -0.0250. The van der Waals surface area contributed by atoms with Crippen LogP contribution in [0.2, 0.25) is 10.2 Å². The number of pyridine rings is 3. The van der Waals surface area contributed by atoms with Gasteiger partial charge in [0, 0.05) is 24.0 Å². The van der Waals surface area contributed by atoms with Crippen LogP contribution in [-0.2, 0) is 10.0 Å². The average molecular weight is 467 g/mol. The SMILES string of the molecule is CC(C)Oc1ccc(S(=O)(=O)Nc2cc(Cl)cnc2C(=O)c2ccnc(Cl)c2)cn1. The van der Waals surface area contributed by atoms with Crippen LogP contribution in [0.25, 0.3) is 0 Å². The number of hydrogen-bond donors (Lipinski definition) is 1. The highest BCUT2D eigenvalue weighted by molar-refractivity contribution is 7.92. The third kappa shape index (κ3) is 5.24. The minimum atomic E-state index is -4.08. The minimum Gasteiger partial charge on any atom is -0.475 e. The molecule has 0 bridgehead atoms. The van der Waals surface area contributed by atoms with Gasteiger partial charge in [0.25, 0.3) is 10.0 Å². The molecule has 0 saturated carbocycles. The van der Waals surface area contributed by atoms with Crippen molar-refractivity contribution in [1.29, 1.82) is 0 Å². The Hall–Kier alpha value is -2.75. The predicted octanol–water partition coefficient (Wildman–Crippen LogP) is 4.00. The van der Waals surface area contributed by atoms with Gasteiger partial charge < -0.3 is 4.74 Å². The largest absolute Gasteiger partial charge is 0.475 e. The second-order valence-corrected chi connectivity index (χ2v) is 8.86. The Morgan fingerprint density at radius 3 is 2.47 bits per heavy atom. The maximum absolute atomic E-state index is 12.8. The normalized spacial score (nSPS) is 11.4. The molecule has 156 valence electrons. The molecule has 3 rings (SSSR count). The molecule has 0 spiro atoms. The first-order valence-electron chi connectivity index (χ1n) is 8.63. The molecule has 0 aliphatic heterocycles. The van der Waals surface area contributed by atoms with Crippen molar-refractivity contribution in [2.45, 2.75) is 24.8 Å². The first-order chi connectivity index (χ1) is 14.2. The highest BCUT2D eigenvalue weighted by atomic mass is 35.5. The van der Waals surface area contributed by atoms with E-state index >= 15 is 0 Å². The summed E-state index contributed by atoms with van der Waals surface area (Å²) >= 11 is 11.8. The molecule has 3 heterocycles. The maximum Gasteiger partial charge on any atom is 0.263 e. The number of halogens is 2. The van der Waals surface area contributed by atoms with Gasteiger partial charge in [-0.25, -0.2) is 23.4 Å². The molecule has 8 nitrogen and oxygen atoms in total. The van der Waals surface area contributed by atoms with Crippen LogP contribution in [0.5, 0.6) is 5.88 Å². The van der Waals surface area contributed by atoms with Crippen molar-refractivity contribution in [3.63, 3.8) is 0 Å². The molecule has 0 saturated heterocycles. The van der Waals surface area contributed by atoms with Crippen LogP contribution in [0.4, 0.5) is 5.69 Å². The lowest BCUT2D eigenvalue weighted by Gasteiger charge is -2.13. The van der Waals surface area contributed by atoms with E-state index in [0.717, 1.165) is 6.20 Å². The third-order valence-electron chi connectivity index (χ3n) is 3.68. The van der Waals surface area contributed by atoms with Crippen LogP contribution < -0.4 is 9.46 Å². The van der Waals surface area contributed by atoms with Crippen LogP contribution in [0, 0.1) is 0 Å². The van der Waals surface area contributed by atoms with Gasteiger partial charge in [0.15, 0.2) is 0 Å². The van der Waals surface area contributed by atoms with Crippen molar-refractivity contribution < 1.29 is 17.9 Å². The standard InChI is InChI=1S/C19H16Cl2N4O4S/c1-11(2)29-17-4-3-14(10-23-17)30(27,28)25-15-8-13(20)9-24-18(15)19(26)12-5-6-22-16(21)7-12/h3-11,25H,1-2H3. The topological polar surface area (TPSA) is 111 Å². The number of hydrogen-bond acceptors (Lipinski definition) is 7. The van der Waals surface area contributed by atoms with Gasteiger partial charge >= 0.3 is 0 Å². The van der Waals surface area contributed by atoms with Crippen LogP contribution >= 0.6 is 23.2 Å². The Bertz CT molecular complexity index is 1190. The number of aromatic nitrogens is 3. The highest BCUT2D eigenvalue weighted by Gasteiger charge is 2.22. The number of sulfonamides is 1. The zero-order valence-electron chi connectivity index (χ0n) is 15.8. The van der Waals surface area contributed by atoms with Gasteiger partial charge in [-0.1, -0.05) is 23.2 Å². The Morgan fingerprint density at radius 2 is 1.83 bits per heavy atom. The molecule has 0 radical (unpaired) electrons. The quantitative estimate of drug-likeness (QED) is 0.413. The van der Waals surface area contributed by atoms with Gasteiger partial charge in [-0.15, -0.1) is 0 Å². The number of ketones is 1. The number of anilines is 1. The summed E-state index contributed by atoms with van der Waals surface area (Å²) in [6, 6.07) is 6.88. The van der Waals surface area contributed by atoms with Gasteiger partial charge in [-0.3, -0.25) is 9.52 Å². The molecule has 0 aliphatic rings. The number of nitrogens with one attached hydrogen (secondary N) is 1. The molecule has 0 amide bonds. The van der Waals surface area contributed by atoms with Crippen molar-refractivity contribution in [1.82, 2.24) is 15.0 Å². The van der Waals surface area contributed by atoms with Crippen LogP contribution in [0.15, 0.2) is 53.8 Å². The summed E-state index contributed by atoms with van der Waals surface area (Å²) in [5, 5.41) is 0.266. The van der Waals surface area contributed by atoms with E-state index in [9.17, 15) is 13.2 Å². The van der Waals surface area contributed by atoms with E-state index in [2.05, 4.69) is 19.7 Å². The summed E-state index contributed by atoms with van der Waals surface area (Å²) < 4.78 is 33.4. The fraction of sp³-hybridized carbons (Fsp3) is 0.158. The van der Waals surface area contributed by atoms with Crippen LogP contribution in [0.1, 0.15) is 29.9 Å². The van der Waals surface area contributed by atoms with Gasteiger partial charge in [-0.05, 0) is 38.1 Å². The van der Waals surface area contributed by atoms with E-state index in [0.29, 0.717) is 5.88 Å². The summed E-state index contributed by atoms with van der Waals surface area (Å²) in [7, 11) is -4.08. The van der Waals surface area contributed by atoms with Crippen molar-refractivity contribution >= 4 is 44.7 Å². The zero-order chi connectivity index (χ0) is 21.9. The first kappa shape index (κ1) is 21.9. The Morgan fingerprint density at radius 1 is 1.07 bits per heavy atom. The van der Waals surface area contributed by atoms with E-state index < -0.39 is 15.8 Å². The number of carbonyl (C=O) groups excluding carboxylic acids is 1. The number of rotatable bonds is 7. The zero-order valence-corrected chi connectivity index (χ0v) is 18.2. The lowest BCUT2D eigenvalue weighted by Crippen LogP contribution is -2.17. The van der Waals surface area contributed by atoms with E-state index in [-0.39, 0.29) is 38.1 Å².